The minimum Gasteiger partial charge on any atom is -0.453 e. The van der Waals surface area contributed by atoms with Gasteiger partial charge in [0.15, 0.2) is 0 Å². The first-order chi connectivity index (χ1) is 29.0. The quantitative estimate of drug-likeness (QED) is 0.116. The number of aromatic nitrogens is 4. The minimum absolute atomic E-state index is 0.104. The van der Waals surface area contributed by atoms with E-state index in [9.17, 15) is 19.2 Å². The Morgan fingerprint density at radius 1 is 0.700 bits per heavy atom. The minimum atomic E-state index is -0.686. The Hall–Kier alpha value is -5.92. The lowest BCUT2D eigenvalue weighted by molar-refractivity contribution is -0.135. The molecule has 0 spiro atoms. The molecule has 316 valence electrons. The number of hydrogen-bond donors (Lipinski definition) is 4. The van der Waals surface area contributed by atoms with Crippen molar-refractivity contribution in [1.82, 2.24) is 40.4 Å². The van der Waals surface area contributed by atoms with Crippen LogP contribution in [0.3, 0.4) is 0 Å². The number of likely N-dealkylation sites (tertiary alicyclic amines) is 2. The van der Waals surface area contributed by atoms with Gasteiger partial charge in [-0.3, -0.25) is 14.9 Å². The van der Waals surface area contributed by atoms with Crippen molar-refractivity contribution >= 4 is 24.0 Å². The van der Waals surface area contributed by atoms with E-state index in [0.29, 0.717) is 30.5 Å². The molecule has 60 heavy (non-hydrogen) atoms. The van der Waals surface area contributed by atoms with Crippen LogP contribution in [0.15, 0.2) is 60.1 Å². The van der Waals surface area contributed by atoms with E-state index in [0.717, 1.165) is 54.3 Å². The molecule has 2 bridgehead atoms. The molecule has 0 radical (unpaired) electrons. The van der Waals surface area contributed by atoms with Gasteiger partial charge in [-0.2, -0.15) is 0 Å². The predicted octanol–water partition coefficient (Wildman–Crippen LogP) is 8.25. The molecular weight excluding hydrogens is 761 g/mol. The van der Waals surface area contributed by atoms with Gasteiger partial charge in [-0.15, -0.1) is 0 Å². The van der Waals surface area contributed by atoms with Gasteiger partial charge >= 0.3 is 12.2 Å². The molecule has 2 aromatic heterocycles. The van der Waals surface area contributed by atoms with Gasteiger partial charge in [0, 0.05) is 18.7 Å². The molecule has 9 rings (SSSR count). The molecule has 3 fully saturated rings. The van der Waals surface area contributed by atoms with Crippen LogP contribution < -0.4 is 10.6 Å². The number of benzene rings is 2. The molecule has 2 aromatic carbocycles. The zero-order valence-electron chi connectivity index (χ0n) is 35.4. The second-order valence-electron chi connectivity index (χ2n) is 17.2. The van der Waals surface area contributed by atoms with E-state index in [4.69, 9.17) is 19.4 Å². The highest BCUT2D eigenvalue weighted by molar-refractivity contribution is 5.97. The van der Waals surface area contributed by atoms with E-state index >= 15 is 0 Å². The Bertz CT molecular complexity index is 2300. The normalized spacial score (nSPS) is 21.1. The summed E-state index contributed by atoms with van der Waals surface area (Å²) in [5.41, 5.74) is 10.2. The number of aromatic amines is 2. The summed E-state index contributed by atoms with van der Waals surface area (Å²) in [6, 6.07) is 12.0. The summed E-state index contributed by atoms with van der Waals surface area (Å²) in [4.78, 5) is 71.9. The summed E-state index contributed by atoms with van der Waals surface area (Å²) in [6.45, 7) is 8.60. The van der Waals surface area contributed by atoms with Crippen molar-refractivity contribution in [3.8, 4) is 33.6 Å². The van der Waals surface area contributed by atoms with Crippen LogP contribution in [-0.2, 0) is 19.1 Å². The number of amides is 4. The molecule has 0 unspecified atom stereocenters. The third-order valence-electron chi connectivity index (χ3n) is 13.0. The maximum absolute atomic E-state index is 13.8. The Morgan fingerprint density at radius 2 is 1.23 bits per heavy atom. The third-order valence-corrected chi connectivity index (χ3v) is 13.0. The topological polar surface area (TPSA) is 175 Å². The molecule has 14 nitrogen and oxygen atoms in total. The van der Waals surface area contributed by atoms with E-state index in [-0.39, 0.29) is 35.5 Å². The van der Waals surface area contributed by atoms with Gasteiger partial charge in [0.05, 0.1) is 50.1 Å². The first kappa shape index (κ1) is 40.8. The van der Waals surface area contributed by atoms with Gasteiger partial charge in [0.25, 0.3) is 5.91 Å². The SMILES string of the molecule is COC(=O)NC(C(=O)N1CCC[C@H]1c1ncc(-c2ccc(-c3ccc(-c4cnc([C@@H]5CCCN5C(=O)[C@@H](NC(=O)OC)C(C)C)[nH]4)c4c3C3CCC4CC3)cc2)[nH]1)=C(C)C. The molecule has 1 saturated carbocycles. The van der Waals surface area contributed by atoms with Gasteiger partial charge in [0.2, 0.25) is 5.91 Å². The van der Waals surface area contributed by atoms with E-state index in [1.54, 1.807) is 18.7 Å². The molecule has 4 N–H and O–H groups in total. The Labute approximate surface area is 350 Å². The lowest BCUT2D eigenvalue weighted by Gasteiger charge is -2.41. The average molecular weight is 817 g/mol. The number of nitrogens with zero attached hydrogens (tertiary/aromatic N) is 4. The lowest BCUT2D eigenvalue weighted by Crippen LogP contribution is -2.51. The zero-order chi connectivity index (χ0) is 42.2. The van der Waals surface area contributed by atoms with Crippen LogP contribution in [0.5, 0.6) is 0 Å². The van der Waals surface area contributed by atoms with Gasteiger partial charge in [-0.05, 0) is 116 Å². The molecule has 4 aromatic rings. The van der Waals surface area contributed by atoms with Crippen LogP contribution in [0.25, 0.3) is 33.6 Å². The predicted molar refractivity (Wildman–Crippen MR) is 226 cm³/mol. The van der Waals surface area contributed by atoms with E-state index in [1.807, 2.05) is 31.1 Å². The molecule has 2 aliphatic heterocycles. The number of rotatable bonds is 10. The average Bonchev–Trinajstić information content (AvgIpc) is 4.11. The fourth-order valence-corrected chi connectivity index (χ4v) is 9.97. The Morgan fingerprint density at radius 3 is 1.83 bits per heavy atom. The second-order valence-corrected chi connectivity index (χ2v) is 17.2. The fraction of sp³-hybridized carbons (Fsp3) is 0.478. The number of carbonyl (C=O) groups is 4. The van der Waals surface area contributed by atoms with Crippen molar-refractivity contribution in [3.63, 3.8) is 0 Å². The second kappa shape index (κ2) is 17.0. The van der Waals surface area contributed by atoms with Crippen molar-refractivity contribution in [2.24, 2.45) is 5.92 Å². The van der Waals surface area contributed by atoms with Crippen LogP contribution in [0.2, 0.25) is 0 Å². The van der Waals surface area contributed by atoms with Crippen LogP contribution in [0.1, 0.15) is 126 Å². The monoisotopic (exact) mass is 816 g/mol. The maximum Gasteiger partial charge on any atom is 0.411 e. The van der Waals surface area contributed by atoms with Crippen molar-refractivity contribution in [2.75, 3.05) is 27.3 Å². The molecule has 2 saturated heterocycles. The summed E-state index contributed by atoms with van der Waals surface area (Å²) in [5, 5.41) is 5.34. The number of H-pyrrole nitrogens is 2. The smallest absolute Gasteiger partial charge is 0.411 e. The zero-order valence-corrected chi connectivity index (χ0v) is 35.4. The summed E-state index contributed by atoms with van der Waals surface area (Å²) in [7, 11) is 2.58. The number of fused-ring (bicyclic) bond motifs is 2. The van der Waals surface area contributed by atoms with E-state index < -0.39 is 18.2 Å². The molecule has 4 amide bonds. The highest BCUT2D eigenvalue weighted by Crippen LogP contribution is 2.55. The highest BCUT2D eigenvalue weighted by Gasteiger charge is 2.40. The summed E-state index contributed by atoms with van der Waals surface area (Å²) < 4.78 is 9.57. The van der Waals surface area contributed by atoms with Crippen LogP contribution >= 0.6 is 0 Å². The first-order valence-corrected chi connectivity index (χ1v) is 21.3. The van der Waals surface area contributed by atoms with Crippen LogP contribution in [0.4, 0.5) is 9.59 Å². The molecule has 3 atom stereocenters. The first-order valence-electron chi connectivity index (χ1n) is 21.3. The van der Waals surface area contributed by atoms with Crippen LogP contribution in [0, 0.1) is 5.92 Å². The van der Waals surface area contributed by atoms with Crippen LogP contribution in [-0.4, -0.2) is 87.1 Å². The molecule has 4 heterocycles. The number of alkyl carbamates (subject to hydrolysis) is 2. The van der Waals surface area contributed by atoms with Crippen molar-refractivity contribution < 1.29 is 28.7 Å². The molecular formula is C46H56N8O6. The fourth-order valence-electron chi connectivity index (χ4n) is 9.97. The van der Waals surface area contributed by atoms with Gasteiger partial charge < -0.3 is 34.6 Å². The third kappa shape index (κ3) is 7.67. The van der Waals surface area contributed by atoms with Crippen molar-refractivity contribution in [2.45, 2.75) is 109 Å². The van der Waals surface area contributed by atoms with Crippen molar-refractivity contribution in [3.05, 3.63) is 82.8 Å². The Kier molecular flexibility index (Phi) is 11.6. The lowest BCUT2D eigenvalue weighted by atomic mass is 9.64. The molecule has 5 aliphatic rings. The maximum atomic E-state index is 13.8. The van der Waals surface area contributed by atoms with E-state index in [2.05, 4.69) is 57.0 Å². The number of hydrogen-bond acceptors (Lipinski definition) is 8. The largest absolute Gasteiger partial charge is 0.453 e. The summed E-state index contributed by atoms with van der Waals surface area (Å²) in [5.74, 6) is 1.98. The summed E-state index contributed by atoms with van der Waals surface area (Å²) >= 11 is 0. The molecule has 3 aliphatic carbocycles. The standard InChI is InChI=1S/C46H56N8O6/c1-25(2)39(51-45(57)59-5)43(55)53-21-7-9-35(53)41-47-23-33(49-41)28-13-11-27(12-14-28)31-19-20-32(38-30-17-15-29(16-18-30)37(31)38)34-24-48-42(50-34)36-10-8-22-54(36)44(56)40(26(3)4)52-46(58)60-6/h11-14,19-20,23-24,26,29-30,35-36,40H,7-10,15-18,21-22H2,1-6H3,(H,47,49)(H,48,50)(H,51,57)(H,52,58)/t29?,30?,35-,36-,40-/m0/s1. The number of nitrogens with one attached hydrogen (secondary N) is 4. The summed E-state index contributed by atoms with van der Waals surface area (Å²) in [6.07, 6.45) is 10.4. The van der Waals surface area contributed by atoms with Crippen molar-refractivity contribution in [1.29, 1.82) is 0 Å². The highest BCUT2D eigenvalue weighted by atomic mass is 16.5. The van der Waals surface area contributed by atoms with Gasteiger partial charge in [0.1, 0.15) is 23.4 Å². The van der Waals surface area contributed by atoms with Gasteiger partial charge in [-0.1, -0.05) is 50.2 Å². The number of carbonyl (C=O) groups excluding carboxylic acids is 4. The molecule has 14 heteroatoms. The Balaban J connectivity index is 1.03. The number of imidazole rings is 2. The number of ether oxygens (including phenoxy) is 2. The number of allylic oxidation sites excluding steroid dienone is 1. The number of methoxy groups -OCH3 is 2. The van der Waals surface area contributed by atoms with E-state index in [1.165, 1.54) is 67.7 Å². The van der Waals surface area contributed by atoms with Gasteiger partial charge in [-0.25, -0.2) is 19.6 Å².